The maximum atomic E-state index is 14.0. The molecule has 0 radical (unpaired) electrons. The minimum absolute atomic E-state index is 0.158. The van der Waals surface area contributed by atoms with Crippen LogP contribution in [0.4, 0.5) is 17.6 Å². The molecule has 21 heavy (non-hydrogen) atoms. The quantitative estimate of drug-likeness (QED) is 0.659. The fourth-order valence-electron chi connectivity index (χ4n) is 2.14. The van der Waals surface area contributed by atoms with E-state index in [0.29, 0.717) is 24.2 Å². The first kappa shape index (κ1) is 14.1. The minimum atomic E-state index is -1.26. The van der Waals surface area contributed by atoms with Crippen molar-refractivity contribution < 1.29 is 17.6 Å². The van der Waals surface area contributed by atoms with Gasteiger partial charge in [-0.3, -0.25) is 0 Å². The van der Waals surface area contributed by atoms with Crippen LogP contribution < -0.4 is 5.32 Å². The van der Waals surface area contributed by atoms with E-state index in [1.54, 1.807) is 0 Å². The van der Waals surface area contributed by atoms with Gasteiger partial charge in [0.25, 0.3) is 0 Å². The second-order valence-electron chi connectivity index (χ2n) is 5.21. The molecule has 1 nitrogen and oxygen atoms in total. The number of hydrogen-bond acceptors (Lipinski definition) is 1. The Kier molecular flexibility index (Phi) is 3.68. The van der Waals surface area contributed by atoms with Gasteiger partial charge in [0.2, 0.25) is 0 Å². The highest BCUT2D eigenvalue weighted by molar-refractivity contribution is 5.64. The van der Waals surface area contributed by atoms with Crippen LogP contribution >= 0.6 is 0 Å². The lowest BCUT2D eigenvalue weighted by atomic mass is 10.0. The fraction of sp³-hybridized carbons (Fsp3) is 0.250. The highest BCUT2D eigenvalue weighted by Gasteiger charge is 2.20. The zero-order valence-electron chi connectivity index (χ0n) is 11.1. The van der Waals surface area contributed by atoms with Gasteiger partial charge in [0.05, 0.1) is 0 Å². The molecular formula is C16H13F4N. The van der Waals surface area contributed by atoms with E-state index in [4.69, 9.17) is 0 Å². The topological polar surface area (TPSA) is 12.0 Å². The van der Waals surface area contributed by atoms with Crippen molar-refractivity contribution in [3.63, 3.8) is 0 Å². The van der Waals surface area contributed by atoms with E-state index in [0.717, 1.165) is 25.0 Å². The average molecular weight is 295 g/mol. The first-order valence-corrected chi connectivity index (χ1v) is 6.71. The second-order valence-corrected chi connectivity index (χ2v) is 5.21. The molecule has 110 valence electrons. The highest BCUT2D eigenvalue weighted by Crippen LogP contribution is 2.27. The van der Waals surface area contributed by atoms with Crippen molar-refractivity contribution in [1.82, 2.24) is 5.32 Å². The summed E-state index contributed by atoms with van der Waals surface area (Å²) in [6, 6.07) is 5.82. The van der Waals surface area contributed by atoms with Gasteiger partial charge in [0, 0.05) is 29.8 Å². The van der Waals surface area contributed by atoms with Gasteiger partial charge in [-0.1, -0.05) is 12.1 Å². The van der Waals surface area contributed by atoms with Crippen molar-refractivity contribution in [2.24, 2.45) is 0 Å². The third-order valence-electron chi connectivity index (χ3n) is 3.53. The molecule has 0 spiro atoms. The summed E-state index contributed by atoms with van der Waals surface area (Å²) in [6.07, 6.45) is 2.19. The molecule has 0 unspecified atom stereocenters. The van der Waals surface area contributed by atoms with Crippen LogP contribution in [-0.2, 0) is 6.54 Å². The number of rotatable bonds is 4. The second kappa shape index (κ2) is 5.48. The standard InChI is InChI=1S/C16H13F4N/c17-13-5-9(1-2-10(13)8-21-11-3-4-11)12-6-15(19)16(20)7-14(12)18/h1-2,5-7,11,21H,3-4,8H2. The van der Waals surface area contributed by atoms with Crippen molar-refractivity contribution in [2.45, 2.75) is 25.4 Å². The summed E-state index contributed by atoms with van der Waals surface area (Å²) in [5.74, 6) is -3.84. The molecule has 0 atom stereocenters. The molecule has 2 aromatic rings. The van der Waals surface area contributed by atoms with Crippen LogP contribution in [0.5, 0.6) is 0 Å². The first-order valence-electron chi connectivity index (χ1n) is 6.71. The number of benzene rings is 2. The summed E-state index contributed by atoms with van der Waals surface area (Å²) in [5, 5.41) is 3.18. The number of hydrogen-bond donors (Lipinski definition) is 1. The maximum Gasteiger partial charge on any atom is 0.161 e. The molecule has 0 aromatic heterocycles. The number of nitrogens with one attached hydrogen (secondary N) is 1. The van der Waals surface area contributed by atoms with Crippen molar-refractivity contribution in [3.05, 3.63) is 59.2 Å². The smallest absolute Gasteiger partial charge is 0.161 e. The maximum absolute atomic E-state index is 14.0. The van der Waals surface area contributed by atoms with Crippen LogP contribution in [0.2, 0.25) is 0 Å². The third-order valence-corrected chi connectivity index (χ3v) is 3.53. The molecule has 1 aliphatic carbocycles. The van der Waals surface area contributed by atoms with Crippen LogP contribution in [0.25, 0.3) is 11.1 Å². The van der Waals surface area contributed by atoms with Gasteiger partial charge in [0.15, 0.2) is 11.6 Å². The third kappa shape index (κ3) is 3.08. The molecule has 2 aromatic carbocycles. The highest BCUT2D eigenvalue weighted by atomic mass is 19.2. The van der Waals surface area contributed by atoms with E-state index in [-0.39, 0.29) is 11.1 Å². The Bertz CT molecular complexity index is 680. The van der Waals surface area contributed by atoms with E-state index in [1.165, 1.54) is 12.1 Å². The van der Waals surface area contributed by atoms with Crippen molar-refractivity contribution in [1.29, 1.82) is 0 Å². The van der Waals surface area contributed by atoms with Crippen LogP contribution in [0.15, 0.2) is 30.3 Å². The summed E-state index contributed by atoms with van der Waals surface area (Å²) in [6.45, 7) is 0.400. The van der Waals surface area contributed by atoms with E-state index in [2.05, 4.69) is 5.32 Å². The van der Waals surface area contributed by atoms with Gasteiger partial charge in [-0.15, -0.1) is 0 Å². The monoisotopic (exact) mass is 295 g/mol. The molecule has 1 fully saturated rings. The van der Waals surface area contributed by atoms with E-state index >= 15 is 0 Å². The van der Waals surface area contributed by atoms with Gasteiger partial charge < -0.3 is 5.32 Å². The average Bonchev–Trinajstić information content (AvgIpc) is 3.25. The summed E-state index contributed by atoms with van der Waals surface area (Å²) in [7, 11) is 0. The van der Waals surface area contributed by atoms with Crippen molar-refractivity contribution >= 4 is 0 Å². The lowest BCUT2D eigenvalue weighted by Crippen LogP contribution is -2.16. The molecular weight excluding hydrogens is 282 g/mol. The lowest BCUT2D eigenvalue weighted by Gasteiger charge is -2.09. The predicted octanol–water partition coefficient (Wildman–Crippen LogP) is 4.16. The molecule has 1 N–H and O–H groups in total. The van der Waals surface area contributed by atoms with Crippen LogP contribution in [-0.4, -0.2) is 6.04 Å². The van der Waals surface area contributed by atoms with Crippen LogP contribution in [0.3, 0.4) is 0 Å². The van der Waals surface area contributed by atoms with Crippen molar-refractivity contribution in [2.75, 3.05) is 0 Å². The largest absolute Gasteiger partial charge is 0.310 e. The summed E-state index contributed by atoms with van der Waals surface area (Å²) < 4.78 is 53.8. The molecule has 1 aliphatic rings. The molecule has 0 amide bonds. The van der Waals surface area contributed by atoms with Crippen LogP contribution in [0, 0.1) is 23.3 Å². The minimum Gasteiger partial charge on any atom is -0.310 e. The van der Waals surface area contributed by atoms with Crippen LogP contribution in [0.1, 0.15) is 18.4 Å². The van der Waals surface area contributed by atoms with E-state index < -0.39 is 23.3 Å². The van der Waals surface area contributed by atoms with Gasteiger partial charge >= 0.3 is 0 Å². The Balaban J connectivity index is 1.88. The SMILES string of the molecule is Fc1cc(F)c(-c2ccc(CNC3CC3)c(F)c2)cc1F. The Morgan fingerprint density at radius 1 is 0.857 bits per heavy atom. The Labute approximate surface area is 119 Å². The zero-order valence-corrected chi connectivity index (χ0v) is 11.1. The van der Waals surface area contributed by atoms with Gasteiger partial charge in [-0.25, -0.2) is 17.6 Å². The van der Waals surface area contributed by atoms with E-state index in [9.17, 15) is 17.6 Å². The Hall–Kier alpha value is -1.88. The molecule has 5 heteroatoms. The Morgan fingerprint density at radius 2 is 1.57 bits per heavy atom. The van der Waals surface area contributed by atoms with Gasteiger partial charge in [0.1, 0.15) is 11.6 Å². The van der Waals surface area contributed by atoms with Gasteiger partial charge in [-0.05, 0) is 30.5 Å². The first-order chi connectivity index (χ1) is 10.0. The lowest BCUT2D eigenvalue weighted by molar-refractivity contribution is 0.496. The molecule has 0 saturated heterocycles. The summed E-state index contributed by atoms with van der Waals surface area (Å²) in [4.78, 5) is 0. The fourth-order valence-corrected chi connectivity index (χ4v) is 2.14. The van der Waals surface area contributed by atoms with E-state index in [1.807, 2.05) is 0 Å². The predicted molar refractivity (Wildman–Crippen MR) is 71.6 cm³/mol. The summed E-state index contributed by atoms with van der Waals surface area (Å²) >= 11 is 0. The summed E-state index contributed by atoms with van der Waals surface area (Å²) in [5.41, 5.74) is 0.488. The Morgan fingerprint density at radius 3 is 2.24 bits per heavy atom. The zero-order chi connectivity index (χ0) is 15.0. The number of halogens is 4. The molecule has 0 bridgehead atoms. The molecule has 3 rings (SSSR count). The molecule has 1 saturated carbocycles. The normalized spacial score (nSPS) is 14.5. The molecule has 0 heterocycles. The molecule has 0 aliphatic heterocycles. The van der Waals surface area contributed by atoms with Gasteiger partial charge in [-0.2, -0.15) is 0 Å². The van der Waals surface area contributed by atoms with Crippen molar-refractivity contribution in [3.8, 4) is 11.1 Å².